The SMILES string of the molecule is CCCCCC/C=C\C/C=C\CCCCCCCC(=O)OC[C@H](O)COC(=O)CCCCCCCCCCCCCCCCC. The van der Waals surface area contributed by atoms with E-state index in [0.29, 0.717) is 12.8 Å². The van der Waals surface area contributed by atoms with Gasteiger partial charge in [-0.15, -0.1) is 0 Å². The molecule has 1 N–H and O–H groups in total. The van der Waals surface area contributed by atoms with Gasteiger partial charge in [0.2, 0.25) is 0 Å². The highest BCUT2D eigenvalue weighted by molar-refractivity contribution is 5.69. The lowest BCUT2D eigenvalue weighted by atomic mass is 10.0. The Labute approximate surface area is 279 Å². The van der Waals surface area contributed by atoms with Gasteiger partial charge in [0, 0.05) is 12.8 Å². The van der Waals surface area contributed by atoms with E-state index in [-0.39, 0.29) is 25.2 Å². The number of unbranched alkanes of at least 4 members (excludes halogenated alkanes) is 23. The average Bonchev–Trinajstić information content (AvgIpc) is 3.04. The van der Waals surface area contributed by atoms with Crippen molar-refractivity contribution in [2.24, 2.45) is 0 Å². The van der Waals surface area contributed by atoms with Gasteiger partial charge in [0.15, 0.2) is 0 Å². The number of hydrogen-bond acceptors (Lipinski definition) is 5. The number of hydrogen-bond donors (Lipinski definition) is 1. The molecule has 0 bridgehead atoms. The predicted octanol–water partition coefficient (Wildman–Crippen LogP) is 11.9. The van der Waals surface area contributed by atoms with Crippen LogP contribution in [-0.4, -0.2) is 36.4 Å². The summed E-state index contributed by atoms with van der Waals surface area (Å²) in [5, 5.41) is 10.00. The Hall–Kier alpha value is -1.62. The maximum Gasteiger partial charge on any atom is 0.305 e. The summed E-state index contributed by atoms with van der Waals surface area (Å²) >= 11 is 0. The second-order valence-corrected chi connectivity index (χ2v) is 13.1. The van der Waals surface area contributed by atoms with Gasteiger partial charge >= 0.3 is 11.9 Å². The lowest BCUT2D eigenvalue weighted by Crippen LogP contribution is -2.25. The van der Waals surface area contributed by atoms with Crippen LogP contribution in [0, 0.1) is 0 Å². The van der Waals surface area contributed by atoms with E-state index in [1.165, 1.54) is 122 Å². The monoisotopic (exact) mass is 635 g/mol. The third-order valence-electron chi connectivity index (χ3n) is 8.44. The first-order valence-electron chi connectivity index (χ1n) is 19.4. The lowest BCUT2D eigenvalue weighted by Gasteiger charge is -2.12. The Kier molecular flexibility index (Phi) is 35.5. The molecule has 0 aromatic rings. The molecule has 45 heavy (non-hydrogen) atoms. The van der Waals surface area contributed by atoms with Crippen molar-refractivity contribution < 1.29 is 24.2 Å². The molecule has 5 heteroatoms. The number of rotatable bonds is 35. The summed E-state index contributed by atoms with van der Waals surface area (Å²) in [6.45, 7) is 4.28. The second-order valence-electron chi connectivity index (χ2n) is 13.1. The molecule has 0 saturated carbocycles. The molecule has 1 atom stereocenters. The van der Waals surface area contributed by atoms with E-state index in [1.54, 1.807) is 0 Å². The highest BCUT2D eigenvalue weighted by Crippen LogP contribution is 2.14. The minimum atomic E-state index is -0.965. The van der Waals surface area contributed by atoms with E-state index in [0.717, 1.165) is 51.4 Å². The molecule has 0 saturated heterocycles. The number of aliphatic hydroxyl groups excluding tert-OH is 1. The third kappa shape index (κ3) is 36.7. The number of aliphatic hydroxyl groups is 1. The molecule has 0 rings (SSSR count). The normalized spacial score (nSPS) is 12.3. The van der Waals surface area contributed by atoms with Crippen molar-refractivity contribution in [1.82, 2.24) is 0 Å². The fourth-order valence-corrected chi connectivity index (χ4v) is 5.47. The van der Waals surface area contributed by atoms with Crippen LogP contribution in [0.2, 0.25) is 0 Å². The van der Waals surface area contributed by atoms with Crippen molar-refractivity contribution in [3.8, 4) is 0 Å². The van der Waals surface area contributed by atoms with Gasteiger partial charge < -0.3 is 14.6 Å². The maximum absolute atomic E-state index is 11.9. The number of carbonyl (C=O) groups excluding carboxylic acids is 2. The molecule has 0 fully saturated rings. The molecule has 0 aliphatic carbocycles. The Morgan fingerprint density at radius 1 is 0.467 bits per heavy atom. The quantitative estimate of drug-likeness (QED) is 0.0426. The molecule has 0 aliphatic heterocycles. The Bertz CT molecular complexity index is 686. The highest BCUT2D eigenvalue weighted by Gasteiger charge is 2.12. The van der Waals surface area contributed by atoms with Crippen LogP contribution < -0.4 is 0 Å². The van der Waals surface area contributed by atoms with Gasteiger partial charge in [0.05, 0.1) is 0 Å². The van der Waals surface area contributed by atoms with Crippen LogP contribution >= 0.6 is 0 Å². The van der Waals surface area contributed by atoms with Gasteiger partial charge in [-0.05, 0) is 44.9 Å². The van der Waals surface area contributed by atoms with Gasteiger partial charge in [0.25, 0.3) is 0 Å². The Balaban J connectivity index is 3.44. The first kappa shape index (κ1) is 43.4. The van der Waals surface area contributed by atoms with E-state index < -0.39 is 6.10 Å². The van der Waals surface area contributed by atoms with Crippen molar-refractivity contribution in [2.45, 2.75) is 206 Å². The van der Waals surface area contributed by atoms with Crippen LogP contribution in [0.25, 0.3) is 0 Å². The summed E-state index contributed by atoms with van der Waals surface area (Å²) < 4.78 is 10.3. The lowest BCUT2D eigenvalue weighted by molar-refractivity contribution is -0.152. The smallest absolute Gasteiger partial charge is 0.305 e. The Morgan fingerprint density at radius 3 is 1.16 bits per heavy atom. The summed E-state index contributed by atoms with van der Waals surface area (Å²) in [6, 6.07) is 0. The van der Waals surface area contributed by atoms with Crippen molar-refractivity contribution in [3.63, 3.8) is 0 Å². The maximum atomic E-state index is 11.9. The van der Waals surface area contributed by atoms with Gasteiger partial charge in [-0.2, -0.15) is 0 Å². The van der Waals surface area contributed by atoms with Crippen molar-refractivity contribution in [3.05, 3.63) is 24.3 Å². The summed E-state index contributed by atoms with van der Waals surface area (Å²) in [6.07, 6.45) is 42.3. The number of ether oxygens (including phenoxy) is 2. The summed E-state index contributed by atoms with van der Waals surface area (Å²) in [7, 11) is 0. The van der Waals surface area contributed by atoms with Gasteiger partial charge in [0.1, 0.15) is 19.3 Å². The van der Waals surface area contributed by atoms with Crippen LogP contribution in [0.4, 0.5) is 0 Å². The topological polar surface area (TPSA) is 72.8 Å². The molecular formula is C40H74O5. The zero-order chi connectivity index (χ0) is 32.9. The van der Waals surface area contributed by atoms with E-state index in [9.17, 15) is 14.7 Å². The first-order valence-corrected chi connectivity index (χ1v) is 19.4. The minimum absolute atomic E-state index is 0.116. The average molecular weight is 635 g/mol. The third-order valence-corrected chi connectivity index (χ3v) is 8.44. The van der Waals surface area contributed by atoms with Crippen LogP contribution in [0.1, 0.15) is 200 Å². The molecule has 0 spiro atoms. The zero-order valence-electron chi connectivity index (χ0n) is 29.9. The van der Waals surface area contributed by atoms with Crippen LogP contribution in [0.3, 0.4) is 0 Å². The van der Waals surface area contributed by atoms with Crippen LogP contribution in [-0.2, 0) is 19.1 Å². The number of allylic oxidation sites excluding steroid dienone is 4. The minimum Gasteiger partial charge on any atom is -0.463 e. The second kappa shape index (κ2) is 36.8. The van der Waals surface area contributed by atoms with E-state index in [1.807, 2.05) is 0 Å². The van der Waals surface area contributed by atoms with Gasteiger partial charge in [-0.25, -0.2) is 0 Å². The van der Waals surface area contributed by atoms with Crippen LogP contribution in [0.5, 0.6) is 0 Å². The molecule has 0 heterocycles. The molecule has 0 unspecified atom stereocenters. The molecule has 0 aromatic carbocycles. The molecular weight excluding hydrogens is 560 g/mol. The largest absolute Gasteiger partial charge is 0.463 e. The predicted molar refractivity (Wildman–Crippen MR) is 191 cm³/mol. The van der Waals surface area contributed by atoms with Gasteiger partial charge in [-0.1, -0.05) is 167 Å². The van der Waals surface area contributed by atoms with E-state index in [2.05, 4.69) is 38.2 Å². The molecule has 0 amide bonds. The molecule has 0 aliphatic rings. The summed E-state index contributed by atoms with van der Waals surface area (Å²) in [5.41, 5.74) is 0. The van der Waals surface area contributed by atoms with E-state index >= 15 is 0 Å². The highest BCUT2D eigenvalue weighted by atomic mass is 16.6. The zero-order valence-corrected chi connectivity index (χ0v) is 29.9. The molecule has 264 valence electrons. The fourth-order valence-electron chi connectivity index (χ4n) is 5.47. The standard InChI is InChI=1S/C40H74O5/c1-3-5-7-9-11-13-15-17-19-21-23-25-27-29-31-33-35-40(43)45-37-38(41)36-44-39(42)34-32-30-28-26-24-22-20-18-16-14-12-10-8-6-4-2/h13,15,19,21,38,41H,3-12,14,16-18,20,22-37H2,1-2H3/b15-13-,21-19-/t38-/m1/s1. The first-order chi connectivity index (χ1) is 22.1. The van der Waals surface area contributed by atoms with Crippen LogP contribution in [0.15, 0.2) is 24.3 Å². The van der Waals surface area contributed by atoms with Crippen molar-refractivity contribution in [2.75, 3.05) is 13.2 Å². The number of carbonyl (C=O) groups is 2. The Morgan fingerprint density at radius 2 is 0.778 bits per heavy atom. The molecule has 5 nitrogen and oxygen atoms in total. The summed E-state index contributed by atoms with van der Waals surface area (Å²) in [5.74, 6) is -0.574. The van der Waals surface area contributed by atoms with E-state index in [4.69, 9.17) is 9.47 Å². The van der Waals surface area contributed by atoms with Crippen molar-refractivity contribution >= 4 is 11.9 Å². The van der Waals surface area contributed by atoms with Gasteiger partial charge in [-0.3, -0.25) is 9.59 Å². The fraction of sp³-hybridized carbons (Fsp3) is 0.850. The number of esters is 2. The molecule has 0 aromatic heterocycles. The van der Waals surface area contributed by atoms with Crippen molar-refractivity contribution in [1.29, 1.82) is 0 Å². The molecule has 0 radical (unpaired) electrons. The summed E-state index contributed by atoms with van der Waals surface area (Å²) in [4.78, 5) is 23.9.